The lowest BCUT2D eigenvalue weighted by Gasteiger charge is -2.04. The molecule has 1 heterocycles. The summed E-state index contributed by atoms with van der Waals surface area (Å²) in [5, 5.41) is 5.24. The Morgan fingerprint density at radius 1 is 1.25 bits per heavy atom. The number of aryl methyl sites for hydroxylation is 2. The van der Waals surface area contributed by atoms with Gasteiger partial charge in [-0.2, -0.15) is 5.10 Å². The van der Waals surface area contributed by atoms with Crippen molar-refractivity contribution < 1.29 is 4.79 Å². The van der Waals surface area contributed by atoms with Gasteiger partial charge in [-0.25, -0.2) is 0 Å². The molecule has 1 aromatic heterocycles. The molecule has 3 nitrogen and oxygen atoms in total. The molecule has 5 heteroatoms. The summed E-state index contributed by atoms with van der Waals surface area (Å²) < 4.78 is 1.68. The molecule has 0 atom stereocenters. The second-order valence-corrected chi connectivity index (χ2v) is 5.26. The monoisotopic (exact) mass is 310 g/mol. The Morgan fingerprint density at radius 2 is 1.95 bits per heavy atom. The van der Waals surface area contributed by atoms with E-state index in [4.69, 9.17) is 23.2 Å². The van der Waals surface area contributed by atoms with Crippen molar-refractivity contribution >= 4 is 29.0 Å². The molecule has 20 heavy (non-hydrogen) atoms. The zero-order valence-electron chi connectivity index (χ0n) is 11.5. The molecule has 2 rings (SSSR count). The number of benzene rings is 1. The summed E-state index contributed by atoms with van der Waals surface area (Å²) in [6.07, 6.45) is 1.56. The van der Waals surface area contributed by atoms with E-state index in [-0.39, 0.29) is 5.78 Å². The predicted molar refractivity (Wildman–Crippen MR) is 81.8 cm³/mol. The highest BCUT2D eigenvalue weighted by atomic mass is 35.5. The molecule has 0 saturated heterocycles. The largest absolute Gasteiger partial charge is 0.288 e. The Bertz CT molecular complexity index is 635. The standard InChI is InChI=1S/C15H16Cl2N2O/c1-3-9-19-15(17)13(12(4-2)18-19)14(20)10-7-5-6-8-11(10)16/h5-8H,3-4,9H2,1-2H3. The number of aromatic nitrogens is 2. The molecule has 0 bridgehead atoms. The van der Waals surface area contributed by atoms with E-state index >= 15 is 0 Å². The molecule has 0 radical (unpaired) electrons. The first-order valence-corrected chi connectivity index (χ1v) is 7.40. The number of nitrogens with zero attached hydrogens (tertiary/aromatic N) is 2. The van der Waals surface area contributed by atoms with Crippen molar-refractivity contribution in [3.63, 3.8) is 0 Å². The highest BCUT2D eigenvalue weighted by Gasteiger charge is 2.23. The van der Waals surface area contributed by atoms with Gasteiger partial charge in [0.25, 0.3) is 0 Å². The van der Waals surface area contributed by atoms with Crippen molar-refractivity contribution in [2.24, 2.45) is 0 Å². The van der Waals surface area contributed by atoms with Gasteiger partial charge in [0.15, 0.2) is 5.78 Å². The molecular formula is C15H16Cl2N2O. The number of hydrogen-bond donors (Lipinski definition) is 0. The lowest BCUT2D eigenvalue weighted by Crippen LogP contribution is -2.05. The molecule has 0 aliphatic heterocycles. The van der Waals surface area contributed by atoms with Crippen LogP contribution in [0.5, 0.6) is 0 Å². The predicted octanol–water partition coefficient (Wildman–Crippen LogP) is 4.39. The van der Waals surface area contributed by atoms with E-state index in [1.165, 1.54) is 0 Å². The second kappa shape index (κ2) is 6.42. The lowest BCUT2D eigenvalue weighted by molar-refractivity contribution is 0.103. The number of rotatable bonds is 5. The van der Waals surface area contributed by atoms with Gasteiger partial charge in [-0.1, -0.05) is 49.2 Å². The zero-order valence-corrected chi connectivity index (χ0v) is 13.0. The van der Waals surface area contributed by atoms with Crippen LogP contribution in [0.1, 0.15) is 41.9 Å². The fourth-order valence-corrected chi connectivity index (χ4v) is 2.64. The van der Waals surface area contributed by atoms with E-state index in [1.54, 1.807) is 28.9 Å². The molecule has 106 valence electrons. The van der Waals surface area contributed by atoms with Gasteiger partial charge >= 0.3 is 0 Å². The van der Waals surface area contributed by atoms with Gasteiger partial charge in [-0.3, -0.25) is 9.48 Å². The first-order chi connectivity index (χ1) is 9.60. The molecule has 1 aromatic carbocycles. The molecule has 0 saturated carbocycles. The quantitative estimate of drug-likeness (QED) is 0.767. The van der Waals surface area contributed by atoms with Crippen molar-refractivity contribution in [3.8, 4) is 0 Å². The Hall–Kier alpha value is -1.32. The maximum absolute atomic E-state index is 12.7. The van der Waals surface area contributed by atoms with Crippen molar-refractivity contribution in [1.82, 2.24) is 9.78 Å². The first-order valence-electron chi connectivity index (χ1n) is 6.64. The number of ketones is 1. The average Bonchev–Trinajstić information content (AvgIpc) is 2.76. The Balaban J connectivity index is 2.52. The molecule has 0 aliphatic carbocycles. The maximum atomic E-state index is 12.7. The molecule has 0 unspecified atom stereocenters. The van der Waals surface area contributed by atoms with Gasteiger partial charge in [0.05, 0.1) is 16.3 Å². The van der Waals surface area contributed by atoms with E-state index in [0.29, 0.717) is 40.0 Å². The van der Waals surface area contributed by atoms with Crippen LogP contribution in [-0.4, -0.2) is 15.6 Å². The van der Waals surface area contributed by atoms with Crippen LogP contribution in [0.2, 0.25) is 10.2 Å². The molecule has 2 aromatic rings. The third kappa shape index (κ3) is 2.74. The summed E-state index contributed by atoms with van der Waals surface area (Å²) in [5.74, 6) is -0.167. The fourth-order valence-electron chi connectivity index (χ4n) is 2.10. The van der Waals surface area contributed by atoms with E-state index in [0.717, 1.165) is 6.42 Å². The third-order valence-corrected chi connectivity index (χ3v) is 3.79. The fraction of sp³-hybridized carbons (Fsp3) is 0.333. The number of carbonyl (C=O) groups excluding carboxylic acids is 1. The SMILES string of the molecule is CCCn1nc(CC)c(C(=O)c2ccccc2Cl)c1Cl. The minimum Gasteiger partial charge on any atom is -0.288 e. The van der Waals surface area contributed by atoms with Crippen LogP contribution in [0.25, 0.3) is 0 Å². The van der Waals surface area contributed by atoms with E-state index in [2.05, 4.69) is 5.10 Å². The summed E-state index contributed by atoms with van der Waals surface area (Å²) >= 11 is 12.4. The minimum absolute atomic E-state index is 0.167. The highest BCUT2D eigenvalue weighted by molar-refractivity contribution is 6.37. The summed E-state index contributed by atoms with van der Waals surface area (Å²) in [6, 6.07) is 6.99. The smallest absolute Gasteiger partial charge is 0.199 e. The van der Waals surface area contributed by atoms with Crippen LogP contribution in [-0.2, 0) is 13.0 Å². The van der Waals surface area contributed by atoms with Crippen LogP contribution >= 0.6 is 23.2 Å². The topological polar surface area (TPSA) is 34.9 Å². The first kappa shape index (κ1) is 15.1. The molecular weight excluding hydrogens is 295 g/mol. The van der Waals surface area contributed by atoms with Crippen molar-refractivity contribution in [1.29, 1.82) is 0 Å². The van der Waals surface area contributed by atoms with Gasteiger partial charge in [-0.05, 0) is 25.0 Å². The molecule has 0 fully saturated rings. The third-order valence-electron chi connectivity index (χ3n) is 3.08. The van der Waals surface area contributed by atoms with Crippen LogP contribution in [0.15, 0.2) is 24.3 Å². The normalized spacial score (nSPS) is 10.8. The summed E-state index contributed by atoms with van der Waals surface area (Å²) in [6.45, 7) is 4.69. The van der Waals surface area contributed by atoms with E-state index in [9.17, 15) is 4.79 Å². The molecule has 0 spiro atoms. The number of halogens is 2. The summed E-state index contributed by atoms with van der Waals surface area (Å²) in [4.78, 5) is 12.7. The maximum Gasteiger partial charge on any atom is 0.199 e. The van der Waals surface area contributed by atoms with Crippen molar-refractivity contribution in [3.05, 3.63) is 51.3 Å². The zero-order chi connectivity index (χ0) is 14.7. The second-order valence-electron chi connectivity index (χ2n) is 4.50. The van der Waals surface area contributed by atoms with Crippen LogP contribution < -0.4 is 0 Å². The van der Waals surface area contributed by atoms with Gasteiger partial charge < -0.3 is 0 Å². The van der Waals surface area contributed by atoms with Crippen LogP contribution in [0, 0.1) is 0 Å². The van der Waals surface area contributed by atoms with Crippen molar-refractivity contribution in [2.45, 2.75) is 33.2 Å². The van der Waals surface area contributed by atoms with Crippen molar-refractivity contribution in [2.75, 3.05) is 0 Å². The van der Waals surface area contributed by atoms with Crippen LogP contribution in [0.3, 0.4) is 0 Å². The van der Waals surface area contributed by atoms with E-state index in [1.807, 2.05) is 13.8 Å². The molecule has 0 aliphatic rings. The van der Waals surface area contributed by atoms with Gasteiger partial charge in [-0.15, -0.1) is 0 Å². The highest BCUT2D eigenvalue weighted by Crippen LogP contribution is 2.27. The molecule has 0 amide bonds. The minimum atomic E-state index is -0.167. The Kier molecular flexibility index (Phi) is 4.84. The number of carbonyl (C=O) groups is 1. The Labute approximate surface area is 128 Å². The summed E-state index contributed by atoms with van der Waals surface area (Å²) in [7, 11) is 0. The molecule has 0 N–H and O–H groups in total. The number of hydrogen-bond acceptors (Lipinski definition) is 2. The van der Waals surface area contributed by atoms with E-state index < -0.39 is 0 Å². The van der Waals surface area contributed by atoms with Gasteiger partial charge in [0.2, 0.25) is 0 Å². The lowest BCUT2D eigenvalue weighted by atomic mass is 10.0. The van der Waals surface area contributed by atoms with Gasteiger partial charge in [0, 0.05) is 12.1 Å². The summed E-state index contributed by atoms with van der Waals surface area (Å²) in [5.41, 5.74) is 1.64. The van der Waals surface area contributed by atoms with Gasteiger partial charge in [0.1, 0.15) is 5.15 Å². The average molecular weight is 311 g/mol. The van der Waals surface area contributed by atoms with Crippen LogP contribution in [0.4, 0.5) is 0 Å². The Morgan fingerprint density at radius 3 is 2.55 bits per heavy atom.